The van der Waals surface area contributed by atoms with Gasteiger partial charge in [-0.1, -0.05) is 12.1 Å². The van der Waals surface area contributed by atoms with Crippen LogP contribution in [0.1, 0.15) is 17.5 Å². The van der Waals surface area contributed by atoms with Crippen molar-refractivity contribution in [2.75, 3.05) is 32.8 Å². The van der Waals surface area contributed by atoms with E-state index in [4.69, 9.17) is 4.74 Å². The van der Waals surface area contributed by atoms with Crippen LogP contribution >= 0.6 is 0 Å². The lowest BCUT2D eigenvalue weighted by Crippen LogP contribution is -2.37. The Bertz CT molecular complexity index is 519. The van der Waals surface area contributed by atoms with Gasteiger partial charge in [-0.2, -0.15) is 13.2 Å². The summed E-state index contributed by atoms with van der Waals surface area (Å²) in [6, 6.07) is 6.42. The van der Waals surface area contributed by atoms with Gasteiger partial charge in [0.25, 0.3) is 0 Å². The minimum absolute atomic E-state index is 0.167. The Kier molecular flexibility index (Phi) is 4.59. The van der Waals surface area contributed by atoms with Crippen LogP contribution in [0.4, 0.5) is 13.2 Å². The number of hydrogen-bond acceptors (Lipinski definition) is 3. The van der Waals surface area contributed by atoms with Crippen molar-refractivity contribution in [3.05, 3.63) is 29.3 Å². The molecule has 1 saturated heterocycles. The fourth-order valence-corrected chi connectivity index (χ4v) is 3.21. The monoisotopic (exact) mass is 314 g/mol. The zero-order valence-corrected chi connectivity index (χ0v) is 12.5. The third-order valence-corrected chi connectivity index (χ3v) is 4.28. The molecule has 0 spiro atoms. The van der Waals surface area contributed by atoms with Crippen LogP contribution in [0.25, 0.3) is 0 Å². The molecule has 0 amide bonds. The average molecular weight is 314 g/mol. The summed E-state index contributed by atoms with van der Waals surface area (Å²) < 4.78 is 42.5. The van der Waals surface area contributed by atoms with E-state index >= 15 is 0 Å². The quantitative estimate of drug-likeness (QED) is 0.903. The topological polar surface area (TPSA) is 24.5 Å². The maximum absolute atomic E-state index is 12.3. The lowest BCUT2D eigenvalue weighted by molar-refractivity contribution is -0.143. The fraction of sp³-hybridized carbons (Fsp3) is 0.625. The highest BCUT2D eigenvalue weighted by Gasteiger charge is 2.34. The molecule has 1 fully saturated rings. The van der Waals surface area contributed by atoms with Crippen LogP contribution in [0.3, 0.4) is 0 Å². The van der Waals surface area contributed by atoms with Crippen molar-refractivity contribution < 1.29 is 17.9 Å². The van der Waals surface area contributed by atoms with E-state index in [1.165, 1.54) is 16.0 Å². The number of nitrogens with one attached hydrogen (secondary N) is 1. The molecular weight excluding hydrogens is 293 g/mol. The van der Waals surface area contributed by atoms with Crippen LogP contribution in [0.2, 0.25) is 0 Å². The van der Waals surface area contributed by atoms with E-state index in [9.17, 15) is 13.2 Å². The Hall–Kier alpha value is -1.27. The predicted molar refractivity (Wildman–Crippen MR) is 78.2 cm³/mol. The number of alkyl halides is 3. The molecule has 0 radical (unpaired) electrons. The van der Waals surface area contributed by atoms with E-state index < -0.39 is 12.7 Å². The number of hydrogen-bond donors (Lipinski definition) is 1. The molecule has 3 rings (SSSR count). The average Bonchev–Trinajstić information content (AvgIpc) is 3.05. The first-order valence-corrected chi connectivity index (χ1v) is 7.77. The molecule has 122 valence electrons. The molecule has 0 bridgehead atoms. The van der Waals surface area contributed by atoms with Crippen molar-refractivity contribution in [1.29, 1.82) is 0 Å². The summed E-state index contributed by atoms with van der Waals surface area (Å²) in [6.07, 6.45) is -1.45. The Balaban J connectivity index is 1.40. The van der Waals surface area contributed by atoms with Gasteiger partial charge in [0.05, 0.1) is 13.2 Å². The van der Waals surface area contributed by atoms with Crippen molar-refractivity contribution in [3.8, 4) is 5.75 Å². The predicted octanol–water partition coefficient (Wildman–Crippen LogP) is 2.39. The molecule has 0 aromatic heterocycles. The fourth-order valence-electron chi connectivity index (χ4n) is 3.21. The second-order valence-corrected chi connectivity index (χ2v) is 6.08. The maximum atomic E-state index is 12.3. The van der Waals surface area contributed by atoms with Gasteiger partial charge in [-0.25, -0.2) is 0 Å². The highest BCUT2D eigenvalue weighted by Crippen LogP contribution is 2.26. The number of nitrogens with zero attached hydrogens (tertiary/aromatic N) is 1. The number of ether oxygens (including phenoxy) is 1. The number of fused-ring (bicyclic) bond motifs is 1. The second-order valence-electron chi connectivity index (χ2n) is 6.08. The van der Waals surface area contributed by atoms with Gasteiger partial charge in [0.1, 0.15) is 5.75 Å². The third-order valence-electron chi connectivity index (χ3n) is 4.28. The minimum atomic E-state index is -4.10. The van der Waals surface area contributed by atoms with Crippen molar-refractivity contribution in [1.82, 2.24) is 10.2 Å². The number of rotatable bonds is 5. The number of benzene rings is 1. The van der Waals surface area contributed by atoms with E-state index in [2.05, 4.69) is 17.4 Å². The van der Waals surface area contributed by atoms with Crippen LogP contribution in [0, 0.1) is 0 Å². The van der Waals surface area contributed by atoms with Gasteiger partial charge in [-0.15, -0.1) is 0 Å². The largest absolute Gasteiger partial charge is 0.493 e. The van der Waals surface area contributed by atoms with Crippen molar-refractivity contribution in [3.63, 3.8) is 0 Å². The van der Waals surface area contributed by atoms with Crippen LogP contribution in [0.15, 0.2) is 18.2 Å². The zero-order valence-electron chi connectivity index (χ0n) is 12.5. The third kappa shape index (κ3) is 4.14. The van der Waals surface area contributed by atoms with Crippen molar-refractivity contribution in [2.45, 2.75) is 31.5 Å². The van der Waals surface area contributed by atoms with Crippen LogP contribution in [0.5, 0.6) is 5.75 Å². The second kappa shape index (κ2) is 6.46. The molecule has 0 aliphatic carbocycles. The van der Waals surface area contributed by atoms with E-state index in [-0.39, 0.29) is 6.04 Å². The summed E-state index contributed by atoms with van der Waals surface area (Å²) in [5.74, 6) is 0.982. The van der Waals surface area contributed by atoms with E-state index in [1.807, 2.05) is 6.07 Å². The molecule has 2 aliphatic rings. The van der Waals surface area contributed by atoms with E-state index in [1.54, 1.807) is 0 Å². The molecule has 0 saturated carbocycles. The van der Waals surface area contributed by atoms with Gasteiger partial charge in [0, 0.05) is 25.6 Å². The molecule has 2 heterocycles. The normalized spacial score (nSPS) is 21.9. The van der Waals surface area contributed by atoms with Crippen LogP contribution in [-0.4, -0.2) is 49.9 Å². The molecule has 2 aliphatic heterocycles. The van der Waals surface area contributed by atoms with Crippen LogP contribution < -0.4 is 10.1 Å². The van der Waals surface area contributed by atoms with E-state index in [0.717, 1.165) is 38.2 Å². The SMILES string of the molecule is FC(F)(F)CN1CC[C@H](NCCc2ccc3c(c2)CCO3)C1. The first-order valence-electron chi connectivity index (χ1n) is 7.77. The molecule has 1 N–H and O–H groups in total. The summed E-state index contributed by atoms with van der Waals surface area (Å²) in [7, 11) is 0. The van der Waals surface area contributed by atoms with Crippen LogP contribution in [-0.2, 0) is 12.8 Å². The summed E-state index contributed by atoms with van der Waals surface area (Å²) in [6.45, 7) is 1.76. The van der Waals surface area contributed by atoms with Gasteiger partial charge in [-0.3, -0.25) is 4.90 Å². The highest BCUT2D eigenvalue weighted by atomic mass is 19.4. The minimum Gasteiger partial charge on any atom is -0.493 e. The summed E-state index contributed by atoms with van der Waals surface area (Å²) in [4.78, 5) is 1.48. The van der Waals surface area contributed by atoms with Crippen molar-refractivity contribution in [2.24, 2.45) is 0 Å². The lowest BCUT2D eigenvalue weighted by atomic mass is 10.1. The van der Waals surface area contributed by atoms with Gasteiger partial charge in [-0.05, 0) is 36.6 Å². The Labute approximate surface area is 128 Å². The van der Waals surface area contributed by atoms with Gasteiger partial charge in [0.15, 0.2) is 0 Å². The molecule has 22 heavy (non-hydrogen) atoms. The molecule has 0 unspecified atom stereocenters. The smallest absolute Gasteiger partial charge is 0.401 e. The summed E-state index contributed by atoms with van der Waals surface area (Å²) in [5.41, 5.74) is 2.51. The molecule has 6 heteroatoms. The molecule has 1 atom stereocenters. The molecule has 1 aromatic carbocycles. The van der Waals surface area contributed by atoms with Gasteiger partial charge >= 0.3 is 6.18 Å². The lowest BCUT2D eigenvalue weighted by Gasteiger charge is -2.18. The molecule has 3 nitrogen and oxygen atoms in total. The molecule has 1 aromatic rings. The number of likely N-dealkylation sites (tertiary alicyclic amines) is 1. The van der Waals surface area contributed by atoms with Gasteiger partial charge in [0.2, 0.25) is 0 Å². The maximum Gasteiger partial charge on any atom is 0.401 e. The molecular formula is C16H21F3N2O. The first kappa shape index (κ1) is 15.6. The van der Waals surface area contributed by atoms with Crippen molar-refractivity contribution >= 4 is 0 Å². The zero-order chi connectivity index (χ0) is 15.6. The standard InChI is InChI=1S/C16H21F3N2O/c17-16(18,19)11-21-7-4-14(10-21)20-6-3-12-1-2-15-13(9-12)5-8-22-15/h1-2,9,14,20H,3-8,10-11H2/t14-/m0/s1. The Morgan fingerprint density at radius 3 is 3.00 bits per heavy atom. The highest BCUT2D eigenvalue weighted by molar-refractivity contribution is 5.39. The number of halogens is 3. The summed E-state index contributed by atoms with van der Waals surface area (Å²) >= 11 is 0. The Morgan fingerprint density at radius 2 is 2.18 bits per heavy atom. The summed E-state index contributed by atoms with van der Waals surface area (Å²) in [5, 5.41) is 3.37. The van der Waals surface area contributed by atoms with E-state index in [0.29, 0.717) is 13.1 Å². The Morgan fingerprint density at radius 1 is 1.32 bits per heavy atom. The first-order chi connectivity index (χ1) is 10.5. The van der Waals surface area contributed by atoms with Gasteiger partial charge < -0.3 is 10.1 Å².